The maximum atomic E-state index is 6.57. The van der Waals surface area contributed by atoms with Crippen LogP contribution in [0, 0.1) is 5.92 Å². The summed E-state index contributed by atoms with van der Waals surface area (Å²) in [7, 11) is 0. The van der Waals surface area contributed by atoms with Gasteiger partial charge < -0.3 is 14.4 Å². The fourth-order valence-corrected chi connectivity index (χ4v) is 5.97. The summed E-state index contributed by atoms with van der Waals surface area (Å²) in [6.45, 7) is 4.16. The zero-order valence-corrected chi connectivity index (χ0v) is 17.3. The Morgan fingerprint density at radius 2 is 1.97 bits per heavy atom. The Hall–Kier alpha value is -1.28. The molecule has 5 aliphatic rings. The summed E-state index contributed by atoms with van der Waals surface area (Å²) in [4.78, 5) is 11.7. The Balaban J connectivity index is 1.18. The Bertz CT molecular complexity index is 744. The van der Waals surface area contributed by atoms with Gasteiger partial charge in [-0.3, -0.25) is 5.43 Å². The molecule has 4 heterocycles. The van der Waals surface area contributed by atoms with E-state index in [1.165, 1.54) is 32.1 Å². The van der Waals surface area contributed by atoms with E-state index < -0.39 is 0 Å². The first-order valence-electron chi connectivity index (χ1n) is 11.6. The Morgan fingerprint density at radius 3 is 2.72 bits per heavy atom. The number of anilines is 1. The first-order valence-corrected chi connectivity index (χ1v) is 11.6. The van der Waals surface area contributed by atoms with Gasteiger partial charge in [-0.15, -0.1) is 0 Å². The van der Waals surface area contributed by atoms with Crippen molar-refractivity contribution in [3.8, 4) is 0 Å². The molecule has 29 heavy (non-hydrogen) atoms. The van der Waals surface area contributed by atoms with Crippen molar-refractivity contribution in [2.75, 3.05) is 18.0 Å². The molecule has 0 amide bonds. The summed E-state index contributed by atoms with van der Waals surface area (Å²) < 4.78 is 12.6. The van der Waals surface area contributed by atoms with Gasteiger partial charge in [0.2, 0.25) is 0 Å². The average Bonchev–Trinajstić information content (AvgIpc) is 3.27. The van der Waals surface area contributed by atoms with Crippen LogP contribution < -0.4 is 15.8 Å². The van der Waals surface area contributed by atoms with Gasteiger partial charge in [0.15, 0.2) is 0 Å². The lowest BCUT2D eigenvalue weighted by Gasteiger charge is -2.35. The topological polar surface area (TPSA) is 71.5 Å². The second-order valence-electron chi connectivity index (χ2n) is 9.79. The predicted molar refractivity (Wildman–Crippen MR) is 109 cm³/mol. The summed E-state index contributed by atoms with van der Waals surface area (Å²) >= 11 is 0. The standard InChI is InChI=1S/C22H33N5O2/c1-2-22(7-8-22)29-14-5-6-18-17(9-14)21(26-25-18)19-10-20(24-13-23-19)27-11-15-3-4-16(12-27)28-15/h10,13-18,21,25-26H,2-9,11-12H2,1H3. The van der Waals surface area contributed by atoms with E-state index in [4.69, 9.17) is 9.47 Å². The summed E-state index contributed by atoms with van der Waals surface area (Å²) in [5.74, 6) is 1.57. The van der Waals surface area contributed by atoms with Crippen LogP contribution in [0.5, 0.6) is 0 Å². The second kappa shape index (κ2) is 7.15. The third kappa shape index (κ3) is 3.46. The Morgan fingerprint density at radius 1 is 1.14 bits per heavy atom. The molecule has 1 aromatic rings. The molecule has 158 valence electrons. The van der Waals surface area contributed by atoms with Gasteiger partial charge in [-0.2, -0.15) is 0 Å². The zero-order chi connectivity index (χ0) is 19.4. The van der Waals surface area contributed by atoms with Gasteiger partial charge in [0.25, 0.3) is 0 Å². The molecule has 1 aromatic heterocycles. The van der Waals surface area contributed by atoms with Gasteiger partial charge in [-0.1, -0.05) is 6.92 Å². The van der Waals surface area contributed by atoms with Crippen LogP contribution in [-0.4, -0.2) is 53.0 Å². The number of nitrogens with one attached hydrogen (secondary N) is 2. The number of hydrogen-bond acceptors (Lipinski definition) is 7. The van der Waals surface area contributed by atoms with Crippen LogP contribution in [0.25, 0.3) is 0 Å². The van der Waals surface area contributed by atoms with Gasteiger partial charge in [-0.25, -0.2) is 15.4 Å². The van der Waals surface area contributed by atoms with Crippen molar-refractivity contribution < 1.29 is 9.47 Å². The van der Waals surface area contributed by atoms with Crippen molar-refractivity contribution in [2.45, 2.75) is 94.3 Å². The van der Waals surface area contributed by atoms with Crippen molar-refractivity contribution in [3.63, 3.8) is 0 Å². The van der Waals surface area contributed by atoms with Crippen LogP contribution in [0.2, 0.25) is 0 Å². The number of rotatable bonds is 5. The van der Waals surface area contributed by atoms with Crippen LogP contribution in [0.15, 0.2) is 12.4 Å². The molecule has 6 unspecified atom stereocenters. The van der Waals surface area contributed by atoms with E-state index in [1.807, 2.05) is 0 Å². The number of hydrazine groups is 1. The summed E-state index contributed by atoms with van der Waals surface area (Å²) in [6.07, 6.45) is 12.3. The number of ether oxygens (including phenoxy) is 2. The van der Waals surface area contributed by atoms with Crippen LogP contribution in [0.3, 0.4) is 0 Å². The molecule has 3 aliphatic heterocycles. The quantitative estimate of drug-likeness (QED) is 0.788. The van der Waals surface area contributed by atoms with E-state index in [2.05, 4.69) is 38.7 Å². The maximum absolute atomic E-state index is 6.57. The minimum atomic E-state index is 0.199. The van der Waals surface area contributed by atoms with Crippen molar-refractivity contribution in [2.24, 2.45) is 5.92 Å². The minimum absolute atomic E-state index is 0.199. The molecule has 2 bridgehead atoms. The number of hydrogen-bond donors (Lipinski definition) is 2. The molecule has 0 aromatic carbocycles. The summed E-state index contributed by atoms with van der Waals surface area (Å²) in [5, 5.41) is 0. The molecule has 7 heteroatoms. The van der Waals surface area contributed by atoms with Gasteiger partial charge in [0.05, 0.1) is 35.6 Å². The van der Waals surface area contributed by atoms with Crippen LogP contribution in [-0.2, 0) is 9.47 Å². The van der Waals surface area contributed by atoms with E-state index in [9.17, 15) is 0 Å². The van der Waals surface area contributed by atoms with E-state index in [0.717, 1.165) is 43.9 Å². The van der Waals surface area contributed by atoms with Gasteiger partial charge in [-0.05, 0) is 51.4 Å². The number of nitrogens with zero attached hydrogens (tertiary/aromatic N) is 3. The highest BCUT2D eigenvalue weighted by Crippen LogP contribution is 2.47. The third-order valence-corrected chi connectivity index (χ3v) is 7.93. The molecule has 2 saturated carbocycles. The van der Waals surface area contributed by atoms with Crippen LogP contribution in [0.1, 0.15) is 70.0 Å². The lowest BCUT2D eigenvalue weighted by molar-refractivity contribution is -0.0603. The molecule has 5 fully saturated rings. The van der Waals surface area contributed by atoms with E-state index >= 15 is 0 Å². The Labute approximate surface area is 172 Å². The number of fused-ring (bicyclic) bond motifs is 3. The maximum Gasteiger partial charge on any atom is 0.132 e. The lowest BCUT2D eigenvalue weighted by Crippen LogP contribution is -2.43. The zero-order valence-electron chi connectivity index (χ0n) is 17.3. The molecular weight excluding hydrogens is 366 g/mol. The number of aromatic nitrogens is 2. The molecule has 0 radical (unpaired) electrons. The molecule has 0 spiro atoms. The SMILES string of the molecule is CCC1(OC2CCC3NNC(c4cc(N5CC6CCC(C5)O6)ncn4)C3C2)CC1. The molecule has 7 nitrogen and oxygen atoms in total. The molecule has 3 saturated heterocycles. The molecule has 2 aliphatic carbocycles. The fourth-order valence-electron chi connectivity index (χ4n) is 5.97. The van der Waals surface area contributed by atoms with Crippen molar-refractivity contribution in [3.05, 3.63) is 18.1 Å². The predicted octanol–water partition coefficient (Wildman–Crippen LogP) is 2.49. The first-order chi connectivity index (χ1) is 14.2. The van der Waals surface area contributed by atoms with Crippen molar-refractivity contribution in [1.82, 2.24) is 20.8 Å². The van der Waals surface area contributed by atoms with Gasteiger partial charge in [0, 0.05) is 31.1 Å². The van der Waals surface area contributed by atoms with E-state index in [-0.39, 0.29) is 11.6 Å². The highest BCUT2D eigenvalue weighted by molar-refractivity contribution is 5.41. The average molecular weight is 400 g/mol. The molecule has 6 rings (SSSR count). The Kier molecular flexibility index (Phi) is 4.56. The molecule has 6 atom stereocenters. The monoisotopic (exact) mass is 399 g/mol. The normalized spacial score (nSPS) is 40.1. The molecular formula is C22H33N5O2. The minimum Gasteiger partial charge on any atom is -0.372 e. The molecule has 2 N–H and O–H groups in total. The third-order valence-electron chi connectivity index (χ3n) is 7.93. The lowest BCUT2D eigenvalue weighted by atomic mass is 9.79. The highest BCUT2D eigenvalue weighted by Gasteiger charge is 2.48. The van der Waals surface area contributed by atoms with Gasteiger partial charge in [0.1, 0.15) is 12.1 Å². The van der Waals surface area contributed by atoms with Crippen LogP contribution in [0.4, 0.5) is 5.82 Å². The summed E-state index contributed by atoms with van der Waals surface area (Å²) in [6, 6.07) is 2.93. The van der Waals surface area contributed by atoms with E-state index in [0.29, 0.717) is 30.3 Å². The fraction of sp³-hybridized carbons (Fsp3) is 0.818. The van der Waals surface area contributed by atoms with Crippen LogP contribution >= 0.6 is 0 Å². The summed E-state index contributed by atoms with van der Waals surface area (Å²) in [5.41, 5.74) is 8.39. The second-order valence-corrected chi connectivity index (χ2v) is 9.79. The van der Waals surface area contributed by atoms with E-state index in [1.54, 1.807) is 6.33 Å². The first kappa shape index (κ1) is 18.5. The smallest absolute Gasteiger partial charge is 0.132 e. The van der Waals surface area contributed by atoms with Crippen molar-refractivity contribution >= 4 is 5.82 Å². The highest BCUT2D eigenvalue weighted by atomic mass is 16.5. The van der Waals surface area contributed by atoms with Crippen molar-refractivity contribution in [1.29, 1.82) is 0 Å². The largest absolute Gasteiger partial charge is 0.372 e. The van der Waals surface area contributed by atoms with Gasteiger partial charge >= 0.3 is 0 Å². The number of morpholine rings is 1.